The van der Waals surface area contributed by atoms with Gasteiger partial charge in [0.1, 0.15) is 36.9 Å². The van der Waals surface area contributed by atoms with E-state index in [2.05, 4.69) is 19.9 Å². The van der Waals surface area contributed by atoms with Crippen molar-refractivity contribution in [2.45, 2.75) is 38.4 Å². The molecule has 0 amide bonds. The molecule has 0 saturated carbocycles. The van der Waals surface area contributed by atoms with E-state index in [0.29, 0.717) is 5.75 Å². The van der Waals surface area contributed by atoms with E-state index in [1.165, 1.54) is 0 Å². The molecule has 0 heterocycles. The largest absolute Gasteiger partial charge is 0.491 e. The normalized spacial score (nSPS) is 13.8. The quantitative estimate of drug-likeness (QED) is 0.526. The third-order valence-corrected chi connectivity index (χ3v) is 5.09. The van der Waals surface area contributed by atoms with Crippen molar-refractivity contribution in [2.75, 3.05) is 25.7 Å². The van der Waals surface area contributed by atoms with E-state index >= 15 is 0 Å². The number of benzene rings is 2. The Labute approximate surface area is 171 Å². The molecule has 6 heteroatoms. The zero-order chi connectivity index (χ0) is 20.7. The summed E-state index contributed by atoms with van der Waals surface area (Å²) >= 11 is 5.60. The lowest BCUT2D eigenvalue weighted by molar-refractivity contribution is 0.0536. The fourth-order valence-electron chi connectivity index (χ4n) is 2.81. The molecule has 0 saturated heterocycles. The number of rotatable bonds is 10. The molecule has 2 aromatic rings. The van der Waals surface area contributed by atoms with Gasteiger partial charge in [-0.05, 0) is 41.8 Å². The van der Waals surface area contributed by atoms with Crippen molar-refractivity contribution in [3.63, 3.8) is 0 Å². The second-order valence-electron chi connectivity index (χ2n) is 7.40. The lowest BCUT2D eigenvalue weighted by Crippen LogP contribution is -2.22. The average Bonchev–Trinajstić information content (AvgIpc) is 2.70. The third-order valence-electron chi connectivity index (χ3n) is 4.74. The number of aryl methyl sites for hydroxylation is 1. The fourth-order valence-corrected chi connectivity index (χ4v) is 2.90. The Morgan fingerprint density at radius 3 is 2.11 bits per heavy atom. The number of hydrogen-bond donors (Lipinski definition) is 3. The molecule has 0 bridgehead atoms. The lowest BCUT2D eigenvalue weighted by Gasteiger charge is -2.27. The number of ether oxygens (including phenoxy) is 2. The van der Waals surface area contributed by atoms with Gasteiger partial charge >= 0.3 is 0 Å². The van der Waals surface area contributed by atoms with Gasteiger partial charge in [-0.1, -0.05) is 38.1 Å². The van der Waals surface area contributed by atoms with E-state index in [1.54, 1.807) is 0 Å². The molecule has 0 aromatic heterocycles. The summed E-state index contributed by atoms with van der Waals surface area (Å²) in [4.78, 5) is 0. The van der Waals surface area contributed by atoms with Crippen molar-refractivity contribution in [3.8, 4) is 11.5 Å². The van der Waals surface area contributed by atoms with Crippen LogP contribution in [0.2, 0.25) is 0 Å². The summed E-state index contributed by atoms with van der Waals surface area (Å²) in [5, 5.41) is 27.8. The van der Waals surface area contributed by atoms with Crippen LogP contribution in [0.4, 0.5) is 0 Å². The molecule has 28 heavy (non-hydrogen) atoms. The first-order valence-electron chi connectivity index (χ1n) is 9.28. The first kappa shape index (κ1) is 22.5. The Bertz CT molecular complexity index is 745. The van der Waals surface area contributed by atoms with Gasteiger partial charge in [0.05, 0.1) is 12.5 Å². The topological polar surface area (TPSA) is 79.2 Å². The number of alkyl halides is 1. The Balaban J connectivity index is 2.11. The summed E-state index contributed by atoms with van der Waals surface area (Å²) in [5.41, 5.74) is 3.01. The molecule has 0 aliphatic rings. The molecule has 2 unspecified atom stereocenters. The number of aliphatic hydroxyl groups excluding tert-OH is 3. The van der Waals surface area contributed by atoms with Crippen molar-refractivity contribution in [1.29, 1.82) is 0 Å². The van der Waals surface area contributed by atoms with Gasteiger partial charge < -0.3 is 24.8 Å². The summed E-state index contributed by atoms with van der Waals surface area (Å²) in [5.74, 6) is 1.52. The maximum atomic E-state index is 9.55. The Kier molecular flexibility index (Phi) is 8.13. The van der Waals surface area contributed by atoms with E-state index in [1.807, 2.05) is 43.3 Å². The van der Waals surface area contributed by atoms with Crippen LogP contribution in [0, 0.1) is 6.92 Å². The minimum atomic E-state index is -0.884. The summed E-state index contributed by atoms with van der Waals surface area (Å²) in [6.45, 7) is 6.16. The Morgan fingerprint density at radius 2 is 1.54 bits per heavy atom. The van der Waals surface area contributed by atoms with Gasteiger partial charge in [-0.25, -0.2) is 0 Å². The average molecular weight is 409 g/mol. The molecule has 0 aliphatic heterocycles. The van der Waals surface area contributed by atoms with E-state index in [0.717, 1.165) is 22.4 Å². The molecular weight excluding hydrogens is 380 g/mol. The highest BCUT2D eigenvalue weighted by Gasteiger charge is 2.24. The van der Waals surface area contributed by atoms with Gasteiger partial charge in [0.2, 0.25) is 0 Å². The molecule has 0 radical (unpaired) electrons. The van der Waals surface area contributed by atoms with Crippen molar-refractivity contribution >= 4 is 11.6 Å². The summed E-state index contributed by atoms with van der Waals surface area (Å²) in [6.07, 6.45) is -1.57. The molecule has 0 aliphatic carbocycles. The smallest absolute Gasteiger partial charge is 0.122 e. The molecule has 2 atom stereocenters. The van der Waals surface area contributed by atoms with E-state index < -0.39 is 12.2 Å². The van der Waals surface area contributed by atoms with Crippen LogP contribution < -0.4 is 9.47 Å². The molecule has 0 fully saturated rings. The molecule has 2 aromatic carbocycles. The fraction of sp³-hybridized carbons (Fsp3) is 0.455. The van der Waals surface area contributed by atoms with Crippen LogP contribution in [-0.2, 0) is 5.41 Å². The van der Waals surface area contributed by atoms with Crippen LogP contribution >= 0.6 is 11.6 Å². The third kappa shape index (κ3) is 5.85. The van der Waals surface area contributed by atoms with Crippen molar-refractivity contribution in [1.82, 2.24) is 0 Å². The first-order chi connectivity index (χ1) is 13.3. The highest BCUT2D eigenvalue weighted by atomic mass is 35.5. The molecule has 0 spiro atoms. The molecule has 154 valence electrons. The standard InChI is InChI=1S/C22H29ClO5/c1-15-10-17(6-9-21(15)28-13-18(25)11-23)22(2,3)16-4-7-20(8-5-16)27-14-19(26)12-24/h4-10,18-19,24-26H,11-14H2,1-3H3. The maximum Gasteiger partial charge on any atom is 0.122 e. The second kappa shape index (κ2) is 10.1. The van der Waals surface area contributed by atoms with Crippen molar-refractivity contribution in [2.24, 2.45) is 0 Å². The monoisotopic (exact) mass is 408 g/mol. The van der Waals surface area contributed by atoms with Crippen LogP contribution in [0.3, 0.4) is 0 Å². The Morgan fingerprint density at radius 1 is 0.929 bits per heavy atom. The highest BCUT2D eigenvalue weighted by molar-refractivity contribution is 6.18. The van der Waals surface area contributed by atoms with Crippen molar-refractivity contribution in [3.05, 3.63) is 59.2 Å². The van der Waals surface area contributed by atoms with Crippen LogP contribution in [0.1, 0.15) is 30.5 Å². The van der Waals surface area contributed by atoms with E-state index in [9.17, 15) is 10.2 Å². The maximum absolute atomic E-state index is 9.55. The van der Waals surface area contributed by atoms with E-state index in [-0.39, 0.29) is 31.1 Å². The number of aliphatic hydroxyl groups is 3. The molecule has 5 nitrogen and oxygen atoms in total. The van der Waals surface area contributed by atoms with E-state index in [4.69, 9.17) is 26.2 Å². The Hall–Kier alpha value is -1.79. The summed E-state index contributed by atoms with van der Waals surface area (Å²) in [6, 6.07) is 13.7. The number of halogens is 1. The lowest BCUT2D eigenvalue weighted by atomic mass is 9.77. The highest BCUT2D eigenvalue weighted by Crippen LogP contribution is 2.34. The minimum absolute atomic E-state index is 0.0539. The second-order valence-corrected chi connectivity index (χ2v) is 7.70. The van der Waals surface area contributed by atoms with Crippen LogP contribution in [-0.4, -0.2) is 53.2 Å². The van der Waals surface area contributed by atoms with Gasteiger partial charge in [0.25, 0.3) is 0 Å². The first-order valence-corrected chi connectivity index (χ1v) is 9.81. The van der Waals surface area contributed by atoms with Gasteiger partial charge in [-0.2, -0.15) is 0 Å². The van der Waals surface area contributed by atoms with Gasteiger partial charge in [0, 0.05) is 5.41 Å². The molecule has 2 rings (SSSR count). The predicted molar refractivity (Wildman–Crippen MR) is 111 cm³/mol. The summed E-state index contributed by atoms with van der Waals surface area (Å²) < 4.78 is 11.1. The SMILES string of the molecule is Cc1cc(C(C)(C)c2ccc(OCC(O)CO)cc2)ccc1OCC(O)CCl. The van der Waals surface area contributed by atoms with Crippen LogP contribution in [0.25, 0.3) is 0 Å². The zero-order valence-electron chi connectivity index (χ0n) is 16.6. The predicted octanol–water partition coefficient (Wildman–Crippen LogP) is 3.03. The van der Waals surface area contributed by atoms with Crippen LogP contribution in [0.15, 0.2) is 42.5 Å². The van der Waals surface area contributed by atoms with Crippen molar-refractivity contribution < 1.29 is 24.8 Å². The molecule has 3 N–H and O–H groups in total. The summed E-state index contributed by atoms with van der Waals surface area (Å²) in [7, 11) is 0. The van der Waals surface area contributed by atoms with Gasteiger partial charge in [-0.15, -0.1) is 11.6 Å². The van der Waals surface area contributed by atoms with Crippen LogP contribution in [0.5, 0.6) is 11.5 Å². The number of hydrogen-bond acceptors (Lipinski definition) is 5. The van der Waals surface area contributed by atoms with Gasteiger partial charge in [-0.3, -0.25) is 0 Å². The zero-order valence-corrected chi connectivity index (χ0v) is 17.3. The van der Waals surface area contributed by atoms with Gasteiger partial charge in [0.15, 0.2) is 0 Å². The minimum Gasteiger partial charge on any atom is -0.491 e. The molecular formula is C22H29ClO5.